The number of anilines is 1. The van der Waals surface area contributed by atoms with E-state index in [1.807, 2.05) is 0 Å². The van der Waals surface area contributed by atoms with Crippen LogP contribution in [-0.4, -0.2) is 9.78 Å². The van der Waals surface area contributed by atoms with Crippen molar-refractivity contribution in [2.24, 2.45) is 7.05 Å². The first-order valence-electron chi connectivity index (χ1n) is 4.44. The Morgan fingerprint density at radius 2 is 2.06 bits per heavy atom. The van der Waals surface area contributed by atoms with Crippen LogP contribution in [0.2, 0.25) is 5.02 Å². The Balaban J connectivity index is 2.72. The minimum Gasteiger partial charge on any atom is -0.381 e. The van der Waals surface area contributed by atoms with Crippen LogP contribution >= 0.6 is 11.6 Å². The van der Waals surface area contributed by atoms with E-state index in [4.69, 9.17) is 17.3 Å². The van der Waals surface area contributed by atoms with E-state index in [1.54, 1.807) is 7.05 Å². The molecule has 0 bridgehead atoms. The fourth-order valence-electron chi connectivity index (χ4n) is 1.50. The summed E-state index contributed by atoms with van der Waals surface area (Å²) in [6, 6.07) is 3.85. The Morgan fingerprint density at radius 3 is 2.62 bits per heavy atom. The van der Waals surface area contributed by atoms with Crippen molar-refractivity contribution in [3.8, 4) is 11.3 Å². The quantitative estimate of drug-likeness (QED) is 0.837. The van der Waals surface area contributed by atoms with Gasteiger partial charge >= 0.3 is 0 Å². The molecule has 0 saturated heterocycles. The van der Waals surface area contributed by atoms with Gasteiger partial charge in [0, 0.05) is 12.6 Å². The van der Waals surface area contributed by atoms with Gasteiger partial charge in [0.25, 0.3) is 0 Å². The van der Waals surface area contributed by atoms with Crippen LogP contribution < -0.4 is 5.73 Å². The molecular weight excluding hydrogens is 236 g/mol. The highest BCUT2D eigenvalue weighted by Gasteiger charge is 2.18. The summed E-state index contributed by atoms with van der Waals surface area (Å²) in [6.45, 7) is 0. The standard InChI is InChI=1S/C10H8ClF2N3/c1-16-9(7(11)10(14)15-16)5-3-2-4-6(12)8(5)13/h2-4H,1H3,(H2,14,15). The van der Waals surface area contributed by atoms with Crippen molar-refractivity contribution >= 4 is 17.4 Å². The molecule has 6 heteroatoms. The second kappa shape index (κ2) is 3.75. The third-order valence-electron chi connectivity index (χ3n) is 2.22. The van der Waals surface area contributed by atoms with Crippen molar-refractivity contribution in [2.45, 2.75) is 0 Å². The van der Waals surface area contributed by atoms with Crippen LogP contribution in [0, 0.1) is 11.6 Å². The average molecular weight is 244 g/mol. The molecular formula is C10H8ClF2N3. The second-order valence-corrected chi connectivity index (χ2v) is 3.65. The summed E-state index contributed by atoms with van der Waals surface area (Å²) in [5.74, 6) is -1.82. The Hall–Kier alpha value is -1.62. The first-order valence-corrected chi connectivity index (χ1v) is 4.82. The highest BCUT2D eigenvalue weighted by molar-refractivity contribution is 6.35. The predicted octanol–water partition coefficient (Wildman–Crippen LogP) is 2.60. The number of hydrogen-bond acceptors (Lipinski definition) is 2. The van der Waals surface area contributed by atoms with Gasteiger partial charge in [0.05, 0.1) is 5.69 Å². The molecule has 0 saturated carbocycles. The Bertz CT molecular complexity index is 551. The molecule has 0 radical (unpaired) electrons. The zero-order valence-electron chi connectivity index (χ0n) is 8.34. The van der Waals surface area contributed by atoms with E-state index in [-0.39, 0.29) is 22.1 Å². The molecule has 0 unspecified atom stereocenters. The fraction of sp³-hybridized carbons (Fsp3) is 0.100. The van der Waals surface area contributed by atoms with E-state index < -0.39 is 11.6 Å². The van der Waals surface area contributed by atoms with Gasteiger partial charge in [-0.15, -0.1) is 0 Å². The van der Waals surface area contributed by atoms with Crippen molar-refractivity contribution in [3.05, 3.63) is 34.9 Å². The zero-order valence-corrected chi connectivity index (χ0v) is 9.09. The number of nitrogen functional groups attached to an aromatic ring is 1. The lowest BCUT2D eigenvalue weighted by Gasteiger charge is -2.04. The summed E-state index contributed by atoms with van der Waals surface area (Å²) in [7, 11) is 1.56. The van der Waals surface area contributed by atoms with Crippen molar-refractivity contribution in [3.63, 3.8) is 0 Å². The molecule has 0 aliphatic carbocycles. The average Bonchev–Trinajstić information content (AvgIpc) is 2.47. The van der Waals surface area contributed by atoms with Gasteiger partial charge in [-0.05, 0) is 12.1 Å². The van der Waals surface area contributed by atoms with Crippen molar-refractivity contribution in [1.29, 1.82) is 0 Å². The maximum atomic E-state index is 13.5. The summed E-state index contributed by atoms with van der Waals surface area (Å²) in [5.41, 5.74) is 5.79. The molecule has 3 nitrogen and oxygen atoms in total. The van der Waals surface area contributed by atoms with Crippen LogP contribution in [0.25, 0.3) is 11.3 Å². The monoisotopic (exact) mass is 243 g/mol. The smallest absolute Gasteiger partial charge is 0.168 e. The molecule has 0 aliphatic rings. The number of halogens is 3. The first-order chi connectivity index (χ1) is 7.52. The first kappa shape index (κ1) is 10.9. The largest absolute Gasteiger partial charge is 0.381 e. The van der Waals surface area contributed by atoms with Gasteiger partial charge in [-0.3, -0.25) is 4.68 Å². The number of hydrogen-bond donors (Lipinski definition) is 1. The summed E-state index contributed by atoms with van der Waals surface area (Å²) in [6.07, 6.45) is 0. The Morgan fingerprint density at radius 1 is 1.38 bits per heavy atom. The van der Waals surface area contributed by atoms with E-state index in [2.05, 4.69) is 5.10 Å². The SMILES string of the molecule is Cn1nc(N)c(Cl)c1-c1cccc(F)c1F. The highest BCUT2D eigenvalue weighted by Crippen LogP contribution is 2.33. The van der Waals surface area contributed by atoms with Gasteiger partial charge in [-0.1, -0.05) is 17.7 Å². The molecule has 16 heavy (non-hydrogen) atoms. The van der Waals surface area contributed by atoms with Crippen molar-refractivity contribution in [1.82, 2.24) is 9.78 Å². The van der Waals surface area contributed by atoms with Crippen LogP contribution in [0.5, 0.6) is 0 Å². The highest BCUT2D eigenvalue weighted by atomic mass is 35.5. The van der Waals surface area contributed by atoms with Gasteiger partial charge in [0.1, 0.15) is 5.02 Å². The maximum absolute atomic E-state index is 13.5. The van der Waals surface area contributed by atoms with Crippen LogP contribution in [0.1, 0.15) is 0 Å². The van der Waals surface area contributed by atoms with E-state index in [9.17, 15) is 8.78 Å². The molecule has 0 fully saturated rings. The van der Waals surface area contributed by atoms with Crippen LogP contribution in [0.15, 0.2) is 18.2 Å². The molecule has 1 heterocycles. The number of nitrogens with two attached hydrogens (primary N) is 1. The van der Waals surface area contributed by atoms with Gasteiger partial charge in [-0.25, -0.2) is 8.78 Å². The zero-order chi connectivity index (χ0) is 11.9. The van der Waals surface area contributed by atoms with E-state index in [0.29, 0.717) is 0 Å². The lowest BCUT2D eigenvalue weighted by atomic mass is 10.1. The summed E-state index contributed by atoms with van der Waals surface area (Å²) >= 11 is 5.88. The normalized spacial score (nSPS) is 10.8. The molecule has 1 aromatic carbocycles. The topological polar surface area (TPSA) is 43.8 Å². The maximum Gasteiger partial charge on any atom is 0.168 e. The molecule has 0 aliphatic heterocycles. The van der Waals surface area contributed by atoms with Crippen LogP contribution in [0.3, 0.4) is 0 Å². The van der Waals surface area contributed by atoms with E-state index >= 15 is 0 Å². The molecule has 0 atom stereocenters. The fourth-order valence-corrected chi connectivity index (χ4v) is 1.76. The van der Waals surface area contributed by atoms with Gasteiger partial charge < -0.3 is 5.73 Å². The Kier molecular flexibility index (Phi) is 2.55. The van der Waals surface area contributed by atoms with Crippen molar-refractivity contribution in [2.75, 3.05) is 5.73 Å². The van der Waals surface area contributed by atoms with Gasteiger partial charge in [-0.2, -0.15) is 5.10 Å². The van der Waals surface area contributed by atoms with Crippen LogP contribution in [-0.2, 0) is 7.05 Å². The molecule has 0 spiro atoms. The summed E-state index contributed by atoms with van der Waals surface area (Å²) in [4.78, 5) is 0. The minimum absolute atomic E-state index is 0.0386. The third kappa shape index (κ3) is 1.53. The number of aryl methyl sites for hydroxylation is 1. The number of nitrogens with zero attached hydrogens (tertiary/aromatic N) is 2. The predicted molar refractivity (Wildman–Crippen MR) is 58.0 cm³/mol. The lowest BCUT2D eigenvalue weighted by Crippen LogP contribution is -1.97. The Labute approximate surface area is 95.4 Å². The molecule has 2 rings (SSSR count). The molecule has 2 N–H and O–H groups in total. The van der Waals surface area contributed by atoms with Crippen molar-refractivity contribution < 1.29 is 8.78 Å². The molecule has 0 amide bonds. The van der Waals surface area contributed by atoms with Gasteiger partial charge in [0.2, 0.25) is 0 Å². The summed E-state index contributed by atoms with van der Waals surface area (Å²) < 4.78 is 27.9. The summed E-state index contributed by atoms with van der Waals surface area (Å²) in [5, 5.41) is 3.95. The second-order valence-electron chi connectivity index (χ2n) is 3.27. The number of rotatable bonds is 1. The van der Waals surface area contributed by atoms with E-state index in [0.717, 1.165) is 6.07 Å². The lowest BCUT2D eigenvalue weighted by molar-refractivity contribution is 0.510. The number of aromatic nitrogens is 2. The minimum atomic E-state index is -0.965. The van der Waals surface area contributed by atoms with Gasteiger partial charge in [0.15, 0.2) is 17.5 Å². The van der Waals surface area contributed by atoms with E-state index in [1.165, 1.54) is 16.8 Å². The molecule has 1 aromatic heterocycles. The molecule has 2 aromatic rings. The molecule has 84 valence electrons. The van der Waals surface area contributed by atoms with Crippen LogP contribution in [0.4, 0.5) is 14.6 Å². The number of benzene rings is 1. The third-order valence-corrected chi connectivity index (χ3v) is 2.59.